The predicted octanol–water partition coefficient (Wildman–Crippen LogP) is 4.60. The van der Waals surface area contributed by atoms with Crippen LogP contribution in [-0.4, -0.2) is 4.98 Å². The Labute approximate surface area is 121 Å². The topological polar surface area (TPSA) is 12.9 Å². The van der Waals surface area contributed by atoms with Crippen molar-refractivity contribution in [3.63, 3.8) is 0 Å². The Kier molecular flexibility index (Phi) is 2.75. The van der Waals surface area contributed by atoms with E-state index >= 15 is 0 Å². The number of rotatable bonds is 0. The van der Waals surface area contributed by atoms with Crippen LogP contribution in [0.1, 0.15) is 0 Å². The van der Waals surface area contributed by atoms with E-state index in [0.29, 0.717) is 0 Å². The van der Waals surface area contributed by atoms with Crippen LogP contribution in [-0.2, 0) is 0 Å². The summed E-state index contributed by atoms with van der Waals surface area (Å²) in [5, 5.41) is 2.42. The Bertz CT molecular complexity index is 635. The summed E-state index contributed by atoms with van der Waals surface area (Å²) in [6.45, 7) is 0. The molecule has 0 fully saturated rings. The fourth-order valence-electron chi connectivity index (χ4n) is 1.78. The number of hydrogen-bond acceptors (Lipinski definition) is 1. The second kappa shape index (κ2) is 4.10. The van der Waals surface area contributed by atoms with Crippen molar-refractivity contribution in [1.29, 1.82) is 0 Å². The third-order valence-electron chi connectivity index (χ3n) is 2.53. The number of aromatic nitrogens is 1. The third-order valence-corrected chi connectivity index (χ3v) is 3.87. The minimum absolute atomic E-state index is 1.06. The average molecular weight is 431 g/mol. The molecule has 0 aliphatic carbocycles. The summed E-state index contributed by atoms with van der Waals surface area (Å²) in [5.74, 6) is 0. The first-order valence-corrected chi connectivity index (χ1v) is 7.04. The average Bonchev–Trinajstić information content (AvgIpc) is 2.26. The minimum atomic E-state index is 1.06. The fraction of sp³-hybridized carbons (Fsp3) is 0. The van der Waals surface area contributed by atoms with Crippen molar-refractivity contribution in [1.82, 2.24) is 4.98 Å². The van der Waals surface area contributed by atoms with E-state index in [1.807, 2.05) is 0 Å². The summed E-state index contributed by atoms with van der Waals surface area (Å²) < 4.78 is 2.49. The molecule has 0 N–H and O–H groups in total. The molecule has 78 valence electrons. The van der Waals surface area contributed by atoms with Crippen molar-refractivity contribution in [2.75, 3.05) is 0 Å². The summed E-state index contributed by atoms with van der Waals surface area (Å²) in [7, 11) is 0. The molecule has 0 aliphatic rings. The standard InChI is InChI=1S/C13H7I2N/c14-10-1-3-12-8(6-10)5-9-7-11(15)2-4-13(9)16-12/h1-7H. The van der Waals surface area contributed by atoms with Crippen LogP contribution in [0, 0.1) is 7.14 Å². The van der Waals surface area contributed by atoms with Crippen LogP contribution in [0.4, 0.5) is 0 Å². The summed E-state index contributed by atoms with van der Waals surface area (Å²) in [6.07, 6.45) is 0. The molecule has 3 aromatic rings. The first-order valence-electron chi connectivity index (χ1n) is 4.88. The number of fused-ring (bicyclic) bond motifs is 2. The predicted molar refractivity (Wildman–Crippen MR) is 84.7 cm³/mol. The summed E-state index contributed by atoms with van der Waals surface area (Å²) in [5.41, 5.74) is 2.13. The van der Waals surface area contributed by atoms with Gasteiger partial charge in [0.2, 0.25) is 0 Å². The van der Waals surface area contributed by atoms with Gasteiger partial charge in [-0.3, -0.25) is 0 Å². The van der Waals surface area contributed by atoms with Crippen LogP contribution in [0.2, 0.25) is 0 Å². The highest BCUT2D eigenvalue weighted by molar-refractivity contribution is 14.1. The zero-order chi connectivity index (χ0) is 11.1. The zero-order valence-electron chi connectivity index (χ0n) is 8.24. The van der Waals surface area contributed by atoms with Gasteiger partial charge in [-0.15, -0.1) is 0 Å². The van der Waals surface area contributed by atoms with E-state index in [-0.39, 0.29) is 0 Å². The molecule has 0 amide bonds. The molecule has 0 unspecified atom stereocenters. The molecule has 2 aromatic carbocycles. The maximum absolute atomic E-state index is 4.65. The molecule has 3 rings (SSSR count). The van der Waals surface area contributed by atoms with Crippen molar-refractivity contribution in [2.45, 2.75) is 0 Å². The molecule has 0 bridgehead atoms. The largest absolute Gasteiger partial charge is 0.248 e. The van der Waals surface area contributed by atoms with Gasteiger partial charge in [-0.2, -0.15) is 0 Å². The second-order valence-electron chi connectivity index (χ2n) is 3.66. The highest BCUT2D eigenvalue weighted by Crippen LogP contribution is 2.22. The molecule has 1 nitrogen and oxygen atoms in total. The lowest BCUT2D eigenvalue weighted by atomic mass is 10.1. The Morgan fingerprint density at radius 1 is 0.688 bits per heavy atom. The number of benzene rings is 2. The summed E-state index contributed by atoms with van der Waals surface area (Å²) >= 11 is 4.66. The maximum atomic E-state index is 4.65. The number of halogens is 2. The fourth-order valence-corrected chi connectivity index (χ4v) is 2.81. The van der Waals surface area contributed by atoms with Crippen LogP contribution < -0.4 is 0 Å². The lowest BCUT2D eigenvalue weighted by molar-refractivity contribution is 1.49. The number of nitrogens with zero attached hydrogens (tertiary/aromatic N) is 1. The monoisotopic (exact) mass is 431 g/mol. The van der Waals surface area contributed by atoms with Crippen LogP contribution in [0.25, 0.3) is 21.8 Å². The van der Waals surface area contributed by atoms with Gasteiger partial charge < -0.3 is 0 Å². The highest BCUT2D eigenvalue weighted by Gasteiger charge is 2.00. The smallest absolute Gasteiger partial charge is 0.0710 e. The van der Waals surface area contributed by atoms with Crippen LogP contribution in [0.5, 0.6) is 0 Å². The Hall–Kier alpha value is -0.430. The SMILES string of the molecule is Ic1ccc2nc3ccc(I)cc3cc2c1. The van der Waals surface area contributed by atoms with E-state index in [0.717, 1.165) is 11.0 Å². The van der Waals surface area contributed by atoms with Gasteiger partial charge in [-0.25, -0.2) is 4.98 Å². The molecule has 0 spiro atoms. The molecular weight excluding hydrogens is 424 g/mol. The van der Waals surface area contributed by atoms with Crippen LogP contribution in [0.3, 0.4) is 0 Å². The third kappa shape index (κ3) is 1.90. The van der Waals surface area contributed by atoms with E-state index in [1.165, 1.54) is 17.9 Å². The summed E-state index contributed by atoms with van der Waals surface area (Å²) in [4.78, 5) is 4.65. The van der Waals surface area contributed by atoms with Crippen LogP contribution in [0.15, 0.2) is 42.5 Å². The molecule has 0 aliphatic heterocycles. The molecule has 1 heterocycles. The van der Waals surface area contributed by atoms with Crippen molar-refractivity contribution in [2.24, 2.45) is 0 Å². The van der Waals surface area contributed by atoms with E-state index in [4.69, 9.17) is 0 Å². The zero-order valence-corrected chi connectivity index (χ0v) is 12.6. The lowest BCUT2D eigenvalue weighted by Crippen LogP contribution is -1.84. The van der Waals surface area contributed by atoms with Gasteiger partial charge in [-0.05, 0) is 87.6 Å². The van der Waals surface area contributed by atoms with Crippen molar-refractivity contribution in [3.05, 3.63) is 49.6 Å². The summed E-state index contributed by atoms with van der Waals surface area (Å²) in [6, 6.07) is 14.9. The second-order valence-corrected chi connectivity index (χ2v) is 6.15. The van der Waals surface area contributed by atoms with E-state index in [1.54, 1.807) is 0 Å². The molecule has 1 aromatic heterocycles. The normalized spacial score (nSPS) is 11.1. The van der Waals surface area contributed by atoms with Crippen molar-refractivity contribution in [3.8, 4) is 0 Å². The van der Waals surface area contributed by atoms with Gasteiger partial charge >= 0.3 is 0 Å². The molecule has 3 heteroatoms. The quantitative estimate of drug-likeness (QED) is 0.375. The van der Waals surface area contributed by atoms with Gasteiger partial charge in [0.1, 0.15) is 0 Å². The molecule has 0 saturated carbocycles. The van der Waals surface area contributed by atoms with Crippen LogP contribution >= 0.6 is 45.2 Å². The molecule has 0 atom stereocenters. The van der Waals surface area contributed by atoms with Crippen molar-refractivity contribution < 1.29 is 0 Å². The lowest BCUT2D eigenvalue weighted by Gasteiger charge is -2.02. The first-order chi connectivity index (χ1) is 7.72. The first kappa shape index (κ1) is 10.7. The molecule has 16 heavy (non-hydrogen) atoms. The molecule has 0 radical (unpaired) electrons. The van der Waals surface area contributed by atoms with Gasteiger partial charge in [0.15, 0.2) is 0 Å². The minimum Gasteiger partial charge on any atom is -0.248 e. The van der Waals surface area contributed by atoms with Gasteiger partial charge in [0, 0.05) is 17.9 Å². The maximum Gasteiger partial charge on any atom is 0.0710 e. The van der Waals surface area contributed by atoms with E-state index in [2.05, 4.69) is 92.6 Å². The Morgan fingerprint density at radius 2 is 1.19 bits per heavy atom. The Morgan fingerprint density at radius 3 is 1.69 bits per heavy atom. The van der Waals surface area contributed by atoms with E-state index < -0.39 is 0 Å². The van der Waals surface area contributed by atoms with Gasteiger partial charge in [0.05, 0.1) is 11.0 Å². The van der Waals surface area contributed by atoms with E-state index in [9.17, 15) is 0 Å². The van der Waals surface area contributed by atoms with Gasteiger partial charge in [0.25, 0.3) is 0 Å². The Balaban J connectivity index is 2.44. The highest BCUT2D eigenvalue weighted by atomic mass is 127. The molecular formula is C13H7I2N. The number of pyridine rings is 1. The van der Waals surface area contributed by atoms with Gasteiger partial charge in [-0.1, -0.05) is 0 Å². The van der Waals surface area contributed by atoms with Crippen molar-refractivity contribution >= 4 is 67.0 Å². The molecule has 0 saturated heterocycles. The number of hydrogen-bond donors (Lipinski definition) is 0.